The smallest absolute Gasteiger partial charge is 0.233 e. The van der Waals surface area contributed by atoms with Gasteiger partial charge < -0.3 is 14.8 Å². The van der Waals surface area contributed by atoms with Crippen molar-refractivity contribution < 1.29 is 14.3 Å². The number of nitrogens with one attached hydrogen (secondary N) is 1. The number of ether oxygens (including phenoxy) is 2. The van der Waals surface area contributed by atoms with Gasteiger partial charge in [0.2, 0.25) is 5.91 Å². The average molecular weight is 329 g/mol. The van der Waals surface area contributed by atoms with E-state index in [4.69, 9.17) is 9.47 Å². The van der Waals surface area contributed by atoms with E-state index in [-0.39, 0.29) is 11.2 Å². The van der Waals surface area contributed by atoms with Crippen LogP contribution in [0.15, 0.2) is 53.4 Å². The van der Waals surface area contributed by atoms with E-state index in [9.17, 15) is 4.79 Å². The summed E-state index contributed by atoms with van der Waals surface area (Å²) in [6.07, 6.45) is 0. The maximum absolute atomic E-state index is 12.2. The summed E-state index contributed by atoms with van der Waals surface area (Å²) in [5.74, 6) is 1.54. The molecule has 0 bridgehead atoms. The zero-order valence-electron chi connectivity index (χ0n) is 13.0. The fourth-order valence-corrected chi connectivity index (χ4v) is 3.20. The van der Waals surface area contributed by atoms with E-state index in [1.165, 1.54) is 11.8 Å². The van der Waals surface area contributed by atoms with Crippen molar-refractivity contribution in [3.63, 3.8) is 0 Å². The maximum Gasteiger partial charge on any atom is 0.233 e. The average Bonchev–Trinajstić information content (AvgIpc) is 2.60. The molecule has 0 spiro atoms. The second kappa shape index (κ2) is 7.42. The van der Waals surface area contributed by atoms with Gasteiger partial charge in [0.25, 0.3) is 0 Å². The summed E-state index contributed by atoms with van der Waals surface area (Å²) in [7, 11) is 0. The minimum atomic E-state index is -0.179. The van der Waals surface area contributed by atoms with Crippen molar-refractivity contribution >= 4 is 17.7 Å². The Hall–Kier alpha value is -2.14. The fraction of sp³-hybridized carbons (Fsp3) is 0.278. The van der Waals surface area contributed by atoms with Crippen LogP contribution in [0.2, 0.25) is 0 Å². The summed E-state index contributed by atoms with van der Waals surface area (Å²) in [5.41, 5.74) is 1.09. The minimum absolute atomic E-state index is 0.0220. The molecule has 0 aliphatic carbocycles. The van der Waals surface area contributed by atoms with Crippen LogP contribution in [-0.4, -0.2) is 24.4 Å². The number of hydrogen-bond acceptors (Lipinski definition) is 4. The second-order valence-corrected chi connectivity index (χ2v) is 6.68. The zero-order valence-corrected chi connectivity index (χ0v) is 13.8. The van der Waals surface area contributed by atoms with E-state index in [1.54, 1.807) is 0 Å². The molecule has 1 atom stereocenters. The van der Waals surface area contributed by atoms with Crippen molar-refractivity contribution in [3.05, 3.63) is 54.1 Å². The van der Waals surface area contributed by atoms with E-state index < -0.39 is 0 Å². The Morgan fingerprint density at radius 2 is 1.87 bits per heavy atom. The summed E-state index contributed by atoms with van der Waals surface area (Å²) in [4.78, 5) is 13.2. The van der Waals surface area contributed by atoms with Gasteiger partial charge in [-0.05, 0) is 30.7 Å². The first-order valence-electron chi connectivity index (χ1n) is 7.60. The first-order valence-corrected chi connectivity index (χ1v) is 8.48. The molecule has 0 unspecified atom stereocenters. The van der Waals surface area contributed by atoms with Gasteiger partial charge in [-0.1, -0.05) is 30.3 Å². The summed E-state index contributed by atoms with van der Waals surface area (Å²) in [5, 5.41) is 2.79. The van der Waals surface area contributed by atoms with Crippen LogP contribution in [0.1, 0.15) is 12.5 Å². The number of thioether (sulfide) groups is 1. The normalized spacial score (nSPS) is 14.1. The van der Waals surface area contributed by atoms with Gasteiger partial charge in [-0.2, -0.15) is 0 Å². The topological polar surface area (TPSA) is 47.6 Å². The van der Waals surface area contributed by atoms with Gasteiger partial charge in [0.15, 0.2) is 11.5 Å². The molecule has 23 heavy (non-hydrogen) atoms. The van der Waals surface area contributed by atoms with Gasteiger partial charge in [0, 0.05) is 11.4 Å². The molecule has 0 fully saturated rings. The van der Waals surface area contributed by atoms with Crippen LogP contribution in [-0.2, 0) is 11.3 Å². The lowest BCUT2D eigenvalue weighted by atomic mass is 10.2. The molecule has 1 amide bonds. The monoisotopic (exact) mass is 329 g/mol. The van der Waals surface area contributed by atoms with E-state index in [0.29, 0.717) is 19.8 Å². The maximum atomic E-state index is 12.2. The molecular weight excluding hydrogens is 310 g/mol. The number of carbonyl (C=O) groups is 1. The quantitative estimate of drug-likeness (QED) is 0.856. The highest BCUT2D eigenvalue weighted by atomic mass is 32.2. The van der Waals surface area contributed by atoms with Crippen molar-refractivity contribution in [2.75, 3.05) is 13.2 Å². The first kappa shape index (κ1) is 15.7. The Bertz CT molecular complexity index is 675. The molecule has 120 valence electrons. The first-order chi connectivity index (χ1) is 11.2. The Morgan fingerprint density at radius 1 is 1.13 bits per heavy atom. The van der Waals surface area contributed by atoms with Crippen LogP contribution in [0.4, 0.5) is 0 Å². The number of hydrogen-bond donors (Lipinski definition) is 1. The SMILES string of the molecule is C[C@H](Sc1ccc2c(c1)OCCO2)C(=O)NCc1ccccc1. The molecular formula is C18H19NO3S. The van der Waals surface area contributed by atoms with Crippen molar-refractivity contribution in [2.45, 2.75) is 23.6 Å². The molecule has 0 saturated heterocycles. The molecule has 5 heteroatoms. The van der Waals surface area contributed by atoms with Crippen molar-refractivity contribution in [1.82, 2.24) is 5.32 Å². The number of amides is 1. The highest BCUT2D eigenvalue weighted by Crippen LogP contribution is 2.35. The lowest BCUT2D eigenvalue weighted by Crippen LogP contribution is -2.30. The summed E-state index contributed by atoms with van der Waals surface area (Å²) >= 11 is 1.51. The van der Waals surface area contributed by atoms with E-state index >= 15 is 0 Å². The van der Waals surface area contributed by atoms with E-state index in [1.807, 2.05) is 55.5 Å². The molecule has 1 aliphatic heterocycles. The van der Waals surface area contributed by atoms with Crippen LogP contribution in [0.25, 0.3) is 0 Å². The predicted octanol–water partition coefficient (Wildman–Crippen LogP) is 3.25. The van der Waals surface area contributed by atoms with Crippen LogP contribution in [0.5, 0.6) is 11.5 Å². The third-order valence-electron chi connectivity index (χ3n) is 3.51. The van der Waals surface area contributed by atoms with Gasteiger partial charge in [0.05, 0.1) is 5.25 Å². The highest BCUT2D eigenvalue weighted by Gasteiger charge is 2.17. The number of fused-ring (bicyclic) bond motifs is 1. The summed E-state index contributed by atoms with van der Waals surface area (Å²) in [6.45, 7) is 3.60. The second-order valence-electron chi connectivity index (χ2n) is 5.27. The van der Waals surface area contributed by atoms with Gasteiger partial charge in [-0.3, -0.25) is 4.79 Å². The molecule has 0 aromatic heterocycles. The van der Waals surface area contributed by atoms with E-state index in [2.05, 4.69) is 5.32 Å². The zero-order chi connectivity index (χ0) is 16.1. The molecule has 1 heterocycles. The molecule has 2 aromatic carbocycles. The molecule has 2 aromatic rings. The van der Waals surface area contributed by atoms with Crippen LogP contribution in [0.3, 0.4) is 0 Å². The molecule has 1 N–H and O–H groups in total. The van der Waals surface area contributed by atoms with Gasteiger partial charge in [-0.25, -0.2) is 0 Å². The Kier molecular flexibility index (Phi) is 5.08. The summed E-state index contributed by atoms with van der Waals surface area (Å²) < 4.78 is 11.1. The van der Waals surface area contributed by atoms with Crippen LogP contribution >= 0.6 is 11.8 Å². The highest BCUT2D eigenvalue weighted by molar-refractivity contribution is 8.00. The Morgan fingerprint density at radius 3 is 2.65 bits per heavy atom. The Balaban J connectivity index is 1.55. The van der Waals surface area contributed by atoms with Gasteiger partial charge >= 0.3 is 0 Å². The lowest BCUT2D eigenvalue weighted by Gasteiger charge is -2.19. The number of carbonyl (C=O) groups excluding carboxylic acids is 1. The van der Waals surface area contributed by atoms with Crippen LogP contribution < -0.4 is 14.8 Å². The number of rotatable bonds is 5. The van der Waals surface area contributed by atoms with Gasteiger partial charge in [0.1, 0.15) is 13.2 Å². The fourth-order valence-electron chi connectivity index (χ4n) is 2.28. The molecule has 0 saturated carbocycles. The summed E-state index contributed by atoms with van der Waals surface area (Å²) in [6, 6.07) is 15.7. The van der Waals surface area contributed by atoms with Crippen molar-refractivity contribution in [2.24, 2.45) is 0 Å². The van der Waals surface area contributed by atoms with Crippen molar-refractivity contribution in [3.8, 4) is 11.5 Å². The van der Waals surface area contributed by atoms with E-state index in [0.717, 1.165) is 22.0 Å². The third kappa shape index (κ3) is 4.20. The largest absolute Gasteiger partial charge is 0.486 e. The van der Waals surface area contributed by atoms with Crippen LogP contribution in [0, 0.1) is 0 Å². The molecule has 0 radical (unpaired) electrons. The van der Waals surface area contributed by atoms with Gasteiger partial charge in [-0.15, -0.1) is 11.8 Å². The third-order valence-corrected chi connectivity index (χ3v) is 4.60. The lowest BCUT2D eigenvalue weighted by molar-refractivity contribution is -0.120. The Labute approximate surface area is 140 Å². The number of benzene rings is 2. The predicted molar refractivity (Wildman–Crippen MR) is 91.0 cm³/mol. The minimum Gasteiger partial charge on any atom is -0.486 e. The molecule has 4 nitrogen and oxygen atoms in total. The molecule has 1 aliphatic rings. The molecule has 3 rings (SSSR count). The van der Waals surface area contributed by atoms with Crippen molar-refractivity contribution in [1.29, 1.82) is 0 Å². The standard InChI is InChI=1S/C18H19NO3S/c1-13(18(20)19-12-14-5-3-2-4-6-14)23-15-7-8-16-17(11-15)22-10-9-21-16/h2-8,11,13H,9-10,12H2,1H3,(H,19,20)/t13-/m0/s1.